The number of carbonyl (C=O) groups is 1. The average Bonchev–Trinajstić information content (AvgIpc) is 3.26. The molecule has 1 fully saturated rings. The van der Waals surface area contributed by atoms with Crippen molar-refractivity contribution in [3.05, 3.63) is 35.2 Å². The highest BCUT2D eigenvalue weighted by atomic mass is 16.5. The van der Waals surface area contributed by atoms with Crippen molar-refractivity contribution in [3.8, 4) is 11.6 Å². The third-order valence-electron chi connectivity index (χ3n) is 6.10. The lowest BCUT2D eigenvalue weighted by molar-refractivity contribution is 0.100. The summed E-state index contributed by atoms with van der Waals surface area (Å²) in [4.78, 5) is 21.5. The maximum Gasteiger partial charge on any atom is 0.253 e. The number of nitrogens with two attached hydrogens (primary N) is 2. The van der Waals surface area contributed by atoms with Crippen LogP contribution in [0.2, 0.25) is 0 Å². The van der Waals surface area contributed by atoms with Gasteiger partial charge in [0.25, 0.3) is 5.91 Å². The summed E-state index contributed by atoms with van der Waals surface area (Å²) in [7, 11) is 1.94. The zero-order chi connectivity index (χ0) is 21.9. The number of fused-ring (bicyclic) bond motifs is 2. The highest BCUT2D eigenvalue weighted by Gasteiger charge is 2.42. The first-order chi connectivity index (χ1) is 14.8. The second kappa shape index (κ2) is 6.67. The van der Waals surface area contributed by atoms with E-state index in [-0.39, 0.29) is 16.9 Å². The van der Waals surface area contributed by atoms with Gasteiger partial charge in [-0.2, -0.15) is 10.1 Å². The Kier molecular flexibility index (Phi) is 4.16. The molecule has 0 aliphatic heterocycles. The molecule has 0 spiro atoms. The van der Waals surface area contributed by atoms with E-state index in [0.29, 0.717) is 29.2 Å². The molecule has 0 atom stereocenters. The lowest BCUT2D eigenvalue weighted by Crippen LogP contribution is -2.34. The van der Waals surface area contributed by atoms with Gasteiger partial charge < -0.3 is 21.5 Å². The molecule has 4 heterocycles. The predicted octanol–water partition coefficient (Wildman–Crippen LogP) is 1.73. The maximum absolute atomic E-state index is 12.3. The minimum atomic E-state index is -0.613. The van der Waals surface area contributed by atoms with Gasteiger partial charge in [0.2, 0.25) is 5.88 Å². The average molecular weight is 420 g/mol. The van der Waals surface area contributed by atoms with Crippen molar-refractivity contribution in [1.82, 2.24) is 30.0 Å². The molecule has 0 bridgehead atoms. The second-order valence-electron chi connectivity index (χ2n) is 8.18. The Morgan fingerprint density at radius 1 is 1.29 bits per heavy atom. The first kappa shape index (κ1) is 19.3. The summed E-state index contributed by atoms with van der Waals surface area (Å²) in [5.74, 6) is 0.106. The zero-order valence-corrected chi connectivity index (χ0v) is 17.6. The van der Waals surface area contributed by atoms with Crippen LogP contribution in [0, 0.1) is 13.8 Å². The van der Waals surface area contributed by atoms with Crippen molar-refractivity contribution < 1.29 is 9.53 Å². The smallest absolute Gasteiger partial charge is 0.253 e. The standard InChI is InChI=1S/C21H24N8O2/c1-10-6-12-14(17(23)30)16(22)29(15-11(2)7-25-18-13(15)8-26-28-18)19(12)27-20(10)31-9-21(24-3)4-5-21/h6-8,24H,4-5,9,22H2,1-3H3,(H2,23,30)(H,25,26,28). The molecule has 1 aliphatic rings. The highest BCUT2D eigenvalue weighted by Crippen LogP contribution is 2.38. The molecule has 0 saturated heterocycles. The number of pyridine rings is 2. The van der Waals surface area contributed by atoms with E-state index in [4.69, 9.17) is 21.2 Å². The van der Waals surface area contributed by atoms with Crippen LogP contribution in [-0.4, -0.2) is 49.8 Å². The minimum Gasteiger partial charge on any atom is -0.475 e. The van der Waals surface area contributed by atoms with E-state index >= 15 is 0 Å². The second-order valence-corrected chi connectivity index (χ2v) is 8.18. The molecule has 4 aromatic heterocycles. The number of carbonyl (C=O) groups excluding carboxylic acids is 1. The van der Waals surface area contributed by atoms with E-state index in [1.54, 1.807) is 17.0 Å². The first-order valence-electron chi connectivity index (χ1n) is 10.1. The molecule has 160 valence electrons. The monoisotopic (exact) mass is 420 g/mol. The lowest BCUT2D eigenvalue weighted by atomic mass is 10.1. The van der Waals surface area contributed by atoms with Crippen LogP contribution in [0.4, 0.5) is 5.82 Å². The van der Waals surface area contributed by atoms with Crippen molar-refractivity contribution >= 4 is 33.8 Å². The van der Waals surface area contributed by atoms with Crippen molar-refractivity contribution in [2.45, 2.75) is 32.2 Å². The Hall–Kier alpha value is -3.66. The summed E-state index contributed by atoms with van der Waals surface area (Å²) in [6.07, 6.45) is 5.53. The molecule has 0 unspecified atom stereocenters. The topological polar surface area (TPSA) is 150 Å². The van der Waals surface area contributed by atoms with E-state index in [2.05, 4.69) is 20.5 Å². The van der Waals surface area contributed by atoms with Crippen molar-refractivity contribution in [3.63, 3.8) is 0 Å². The zero-order valence-electron chi connectivity index (χ0n) is 17.6. The van der Waals surface area contributed by atoms with Crippen LogP contribution >= 0.6 is 0 Å². The number of nitrogens with zero attached hydrogens (tertiary/aromatic N) is 4. The van der Waals surface area contributed by atoms with Crippen LogP contribution in [-0.2, 0) is 0 Å². The van der Waals surface area contributed by atoms with Gasteiger partial charge in [-0.3, -0.25) is 14.5 Å². The highest BCUT2D eigenvalue weighted by molar-refractivity contribution is 6.11. The molecule has 31 heavy (non-hydrogen) atoms. The molecule has 1 aliphatic carbocycles. The van der Waals surface area contributed by atoms with Crippen LogP contribution in [0.3, 0.4) is 0 Å². The Morgan fingerprint density at radius 2 is 2.06 bits per heavy atom. The van der Waals surface area contributed by atoms with Crippen LogP contribution in [0.25, 0.3) is 27.8 Å². The van der Waals surface area contributed by atoms with Crippen LogP contribution in [0.15, 0.2) is 18.5 Å². The molecule has 10 nitrogen and oxygen atoms in total. The van der Waals surface area contributed by atoms with E-state index in [1.807, 2.05) is 27.0 Å². The fourth-order valence-corrected chi connectivity index (χ4v) is 4.04. The van der Waals surface area contributed by atoms with Gasteiger partial charge in [-0.25, -0.2) is 4.98 Å². The number of amides is 1. The molecular weight excluding hydrogens is 396 g/mol. The number of anilines is 1. The molecule has 0 radical (unpaired) electrons. The normalized spacial score (nSPS) is 14.9. The number of hydrogen-bond donors (Lipinski definition) is 4. The Bertz CT molecular complexity index is 1350. The van der Waals surface area contributed by atoms with Crippen LogP contribution < -0.4 is 21.5 Å². The molecule has 1 amide bonds. The van der Waals surface area contributed by atoms with Crippen molar-refractivity contribution in [2.24, 2.45) is 5.73 Å². The number of nitrogens with one attached hydrogen (secondary N) is 2. The Balaban J connectivity index is 1.76. The summed E-state index contributed by atoms with van der Waals surface area (Å²) < 4.78 is 7.83. The number of aryl methyl sites for hydroxylation is 2. The van der Waals surface area contributed by atoms with Gasteiger partial charge in [0.05, 0.1) is 28.4 Å². The summed E-state index contributed by atoms with van der Waals surface area (Å²) in [5, 5.41) is 11.6. The summed E-state index contributed by atoms with van der Waals surface area (Å²) in [5.41, 5.74) is 15.9. The number of aromatic nitrogens is 5. The molecule has 1 saturated carbocycles. The van der Waals surface area contributed by atoms with Gasteiger partial charge in [-0.05, 0) is 45.4 Å². The SMILES string of the molecule is CNC1(COc2nc3c(cc2C)c(C(N)=O)c(N)n3-c2c(C)cnc3[nH]ncc23)CC1. The van der Waals surface area contributed by atoms with Crippen molar-refractivity contribution in [2.75, 3.05) is 19.4 Å². The number of nitrogen functional groups attached to an aromatic ring is 1. The lowest BCUT2D eigenvalue weighted by Gasteiger charge is -2.16. The first-order valence-corrected chi connectivity index (χ1v) is 10.1. The third kappa shape index (κ3) is 2.90. The van der Waals surface area contributed by atoms with E-state index in [0.717, 1.165) is 35.0 Å². The number of rotatable bonds is 6. The Labute approximate surface area is 178 Å². The van der Waals surface area contributed by atoms with E-state index in [9.17, 15) is 4.79 Å². The van der Waals surface area contributed by atoms with Gasteiger partial charge >= 0.3 is 0 Å². The van der Waals surface area contributed by atoms with E-state index in [1.165, 1.54) is 0 Å². The molecule has 6 N–H and O–H groups in total. The number of ether oxygens (including phenoxy) is 1. The number of likely N-dealkylation sites (N-methyl/N-ethyl adjacent to an activating group) is 1. The Morgan fingerprint density at radius 3 is 2.74 bits per heavy atom. The van der Waals surface area contributed by atoms with Gasteiger partial charge in [0.15, 0.2) is 11.3 Å². The quantitative estimate of drug-likeness (QED) is 0.371. The molecule has 5 rings (SSSR count). The molecular formula is C21H24N8O2. The summed E-state index contributed by atoms with van der Waals surface area (Å²) in [6.45, 7) is 4.33. The van der Waals surface area contributed by atoms with Crippen LogP contribution in [0.1, 0.15) is 34.3 Å². The predicted molar refractivity (Wildman–Crippen MR) is 117 cm³/mol. The number of primary amides is 1. The molecule has 4 aromatic rings. The van der Waals surface area contributed by atoms with Crippen LogP contribution in [0.5, 0.6) is 5.88 Å². The van der Waals surface area contributed by atoms with Gasteiger partial charge in [0, 0.05) is 17.1 Å². The van der Waals surface area contributed by atoms with E-state index < -0.39 is 5.91 Å². The fourth-order valence-electron chi connectivity index (χ4n) is 4.04. The third-order valence-corrected chi connectivity index (χ3v) is 6.10. The fraction of sp³-hybridized carbons (Fsp3) is 0.333. The van der Waals surface area contributed by atoms with Crippen molar-refractivity contribution in [1.29, 1.82) is 0 Å². The summed E-state index contributed by atoms with van der Waals surface area (Å²) in [6, 6.07) is 1.85. The molecule has 10 heteroatoms. The number of aromatic amines is 1. The van der Waals surface area contributed by atoms with Gasteiger partial charge in [0.1, 0.15) is 12.4 Å². The van der Waals surface area contributed by atoms with Gasteiger partial charge in [-0.15, -0.1) is 0 Å². The number of H-pyrrole nitrogens is 1. The minimum absolute atomic E-state index is 0.00707. The molecule has 0 aromatic carbocycles. The summed E-state index contributed by atoms with van der Waals surface area (Å²) >= 11 is 0. The largest absolute Gasteiger partial charge is 0.475 e. The number of hydrogen-bond acceptors (Lipinski definition) is 7. The van der Waals surface area contributed by atoms with Gasteiger partial charge in [-0.1, -0.05) is 0 Å². The maximum atomic E-state index is 12.3.